The molecule has 0 spiro atoms. The summed E-state index contributed by atoms with van der Waals surface area (Å²) >= 11 is 3.38. The number of hydrogen-bond donors (Lipinski definition) is 3. The Morgan fingerprint density at radius 2 is 2.22 bits per heavy atom. The summed E-state index contributed by atoms with van der Waals surface area (Å²) in [5.41, 5.74) is 1.17. The van der Waals surface area contributed by atoms with Gasteiger partial charge in [-0.05, 0) is 37.1 Å². The van der Waals surface area contributed by atoms with Crippen LogP contribution in [0.5, 0.6) is 0 Å². The number of hydrogen-bond acceptors (Lipinski definition) is 3. The number of aliphatic carboxylic acids is 1. The molecule has 122 valence electrons. The summed E-state index contributed by atoms with van der Waals surface area (Å²) in [6.45, 7) is 1.00. The van der Waals surface area contributed by atoms with Crippen LogP contribution in [-0.4, -0.2) is 41.2 Å². The standard InChI is InChI=1S/C16H17BrN2O4/c17-11-3-4-12-10(6-11)7-13(18-12)15(20)19-14(16(21)22)9-2-1-5-23-8-9/h3-4,6-7,9,14,18H,1-2,5,8H2,(H,19,20)(H,21,22). The van der Waals surface area contributed by atoms with Gasteiger partial charge in [-0.1, -0.05) is 15.9 Å². The first-order chi connectivity index (χ1) is 11.0. The van der Waals surface area contributed by atoms with Crippen LogP contribution >= 0.6 is 15.9 Å². The Balaban J connectivity index is 1.78. The summed E-state index contributed by atoms with van der Waals surface area (Å²) < 4.78 is 6.25. The molecule has 0 saturated carbocycles. The fourth-order valence-corrected chi connectivity index (χ4v) is 3.23. The van der Waals surface area contributed by atoms with E-state index in [2.05, 4.69) is 26.2 Å². The lowest BCUT2D eigenvalue weighted by Crippen LogP contribution is -2.48. The van der Waals surface area contributed by atoms with Crippen molar-refractivity contribution in [3.05, 3.63) is 34.4 Å². The van der Waals surface area contributed by atoms with Crippen molar-refractivity contribution in [2.75, 3.05) is 13.2 Å². The molecule has 0 bridgehead atoms. The Kier molecular flexibility index (Phi) is 4.68. The highest BCUT2D eigenvalue weighted by molar-refractivity contribution is 9.10. The lowest BCUT2D eigenvalue weighted by molar-refractivity contribution is -0.142. The molecule has 6 nitrogen and oxygen atoms in total. The number of nitrogens with one attached hydrogen (secondary N) is 2. The van der Waals surface area contributed by atoms with Gasteiger partial charge in [0.05, 0.1) is 6.61 Å². The number of aromatic amines is 1. The molecule has 2 atom stereocenters. The fraction of sp³-hybridized carbons (Fsp3) is 0.375. The topological polar surface area (TPSA) is 91.4 Å². The Morgan fingerprint density at radius 1 is 1.39 bits per heavy atom. The maximum absolute atomic E-state index is 12.4. The maximum atomic E-state index is 12.4. The van der Waals surface area contributed by atoms with Crippen LogP contribution in [0.4, 0.5) is 0 Å². The van der Waals surface area contributed by atoms with Crippen molar-refractivity contribution in [3.8, 4) is 0 Å². The van der Waals surface area contributed by atoms with Crippen LogP contribution in [0.1, 0.15) is 23.3 Å². The molecule has 0 radical (unpaired) electrons. The van der Waals surface area contributed by atoms with E-state index in [0.29, 0.717) is 18.9 Å². The molecule has 1 aromatic heterocycles. The number of amides is 1. The normalized spacial score (nSPS) is 19.4. The molecule has 0 aliphatic carbocycles. The first kappa shape index (κ1) is 16.0. The molecule has 3 N–H and O–H groups in total. The quantitative estimate of drug-likeness (QED) is 0.759. The molecule has 2 unspecified atom stereocenters. The van der Waals surface area contributed by atoms with Crippen LogP contribution in [0, 0.1) is 5.92 Å². The number of ether oxygens (including phenoxy) is 1. The second-order valence-corrected chi connectivity index (χ2v) is 6.60. The molecule has 1 aliphatic rings. The van der Waals surface area contributed by atoms with E-state index in [-0.39, 0.29) is 5.92 Å². The highest BCUT2D eigenvalue weighted by Gasteiger charge is 2.31. The summed E-state index contributed by atoms with van der Waals surface area (Å²) in [4.78, 5) is 26.9. The van der Waals surface area contributed by atoms with Crippen molar-refractivity contribution in [1.82, 2.24) is 10.3 Å². The molecule has 1 saturated heterocycles. The average Bonchev–Trinajstić information content (AvgIpc) is 2.96. The number of carboxylic acid groups (broad SMARTS) is 1. The second-order valence-electron chi connectivity index (χ2n) is 5.68. The predicted octanol–water partition coefficient (Wildman–Crippen LogP) is 2.54. The largest absolute Gasteiger partial charge is 0.480 e. The molecule has 2 heterocycles. The van der Waals surface area contributed by atoms with Crippen LogP contribution in [0.15, 0.2) is 28.7 Å². The zero-order valence-electron chi connectivity index (χ0n) is 12.3. The predicted molar refractivity (Wildman–Crippen MR) is 88.4 cm³/mol. The van der Waals surface area contributed by atoms with Crippen LogP contribution in [0.25, 0.3) is 10.9 Å². The summed E-state index contributed by atoms with van der Waals surface area (Å²) in [6.07, 6.45) is 1.54. The van der Waals surface area contributed by atoms with Crippen molar-refractivity contribution in [3.63, 3.8) is 0 Å². The van der Waals surface area contributed by atoms with Crippen LogP contribution in [0.3, 0.4) is 0 Å². The minimum Gasteiger partial charge on any atom is -0.480 e. The molecule has 7 heteroatoms. The number of H-pyrrole nitrogens is 1. The first-order valence-corrected chi connectivity index (χ1v) is 8.23. The minimum absolute atomic E-state index is 0.205. The minimum atomic E-state index is -1.03. The van der Waals surface area contributed by atoms with Crippen molar-refractivity contribution in [2.24, 2.45) is 5.92 Å². The molecular formula is C16H17BrN2O4. The average molecular weight is 381 g/mol. The fourth-order valence-electron chi connectivity index (χ4n) is 2.85. The van der Waals surface area contributed by atoms with E-state index < -0.39 is 17.9 Å². The van der Waals surface area contributed by atoms with E-state index in [9.17, 15) is 14.7 Å². The van der Waals surface area contributed by atoms with Gasteiger partial charge in [-0.15, -0.1) is 0 Å². The molecule has 2 aromatic rings. The smallest absolute Gasteiger partial charge is 0.326 e. The van der Waals surface area contributed by atoms with Gasteiger partial charge in [0.25, 0.3) is 5.91 Å². The number of rotatable bonds is 4. The number of aromatic nitrogens is 1. The maximum Gasteiger partial charge on any atom is 0.326 e. The lowest BCUT2D eigenvalue weighted by atomic mass is 9.93. The van der Waals surface area contributed by atoms with Gasteiger partial charge in [-0.2, -0.15) is 0 Å². The zero-order valence-corrected chi connectivity index (χ0v) is 13.9. The molecule has 1 aromatic carbocycles. The summed E-state index contributed by atoms with van der Waals surface area (Å²) in [5.74, 6) is -1.66. The Morgan fingerprint density at radius 3 is 2.91 bits per heavy atom. The van der Waals surface area contributed by atoms with Gasteiger partial charge < -0.3 is 20.1 Å². The Hall–Kier alpha value is -1.86. The molecule has 1 amide bonds. The van der Waals surface area contributed by atoms with Gasteiger partial charge in [-0.25, -0.2) is 4.79 Å². The van der Waals surface area contributed by atoms with Crippen LogP contribution in [-0.2, 0) is 9.53 Å². The van der Waals surface area contributed by atoms with Crippen molar-refractivity contribution >= 4 is 38.7 Å². The van der Waals surface area contributed by atoms with E-state index in [0.717, 1.165) is 28.2 Å². The Bertz CT molecular complexity index is 737. The number of carbonyl (C=O) groups is 2. The van der Waals surface area contributed by atoms with Gasteiger partial charge in [0.15, 0.2) is 0 Å². The van der Waals surface area contributed by atoms with E-state index in [4.69, 9.17) is 4.74 Å². The molecule has 3 rings (SSSR count). The molecular weight excluding hydrogens is 364 g/mol. The number of benzene rings is 1. The van der Waals surface area contributed by atoms with Crippen molar-refractivity contribution in [1.29, 1.82) is 0 Å². The van der Waals surface area contributed by atoms with E-state index in [1.54, 1.807) is 6.07 Å². The molecule has 1 aliphatic heterocycles. The van der Waals surface area contributed by atoms with Crippen LogP contribution in [0.2, 0.25) is 0 Å². The summed E-state index contributed by atoms with van der Waals surface area (Å²) in [6, 6.07) is 6.40. The van der Waals surface area contributed by atoms with Gasteiger partial charge in [-0.3, -0.25) is 4.79 Å². The Labute approximate surface area is 141 Å². The highest BCUT2D eigenvalue weighted by atomic mass is 79.9. The number of halogens is 1. The third-order valence-electron chi connectivity index (χ3n) is 4.05. The highest BCUT2D eigenvalue weighted by Crippen LogP contribution is 2.21. The van der Waals surface area contributed by atoms with E-state index in [1.807, 2.05) is 18.2 Å². The monoisotopic (exact) mass is 380 g/mol. The van der Waals surface area contributed by atoms with Gasteiger partial charge in [0, 0.05) is 27.9 Å². The summed E-state index contributed by atoms with van der Waals surface area (Å²) in [7, 11) is 0. The van der Waals surface area contributed by atoms with Crippen molar-refractivity contribution in [2.45, 2.75) is 18.9 Å². The lowest BCUT2D eigenvalue weighted by Gasteiger charge is -2.27. The van der Waals surface area contributed by atoms with Crippen molar-refractivity contribution < 1.29 is 19.4 Å². The number of fused-ring (bicyclic) bond motifs is 1. The van der Waals surface area contributed by atoms with Gasteiger partial charge >= 0.3 is 5.97 Å². The first-order valence-electron chi connectivity index (χ1n) is 7.44. The van der Waals surface area contributed by atoms with Gasteiger partial charge in [0.2, 0.25) is 0 Å². The SMILES string of the molecule is O=C(NC(C(=O)O)C1CCCOC1)c1cc2cc(Br)ccc2[nH]1. The third-order valence-corrected chi connectivity index (χ3v) is 4.54. The number of carboxylic acids is 1. The molecule has 23 heavy (non-hydrogen) atoms. The zero-order chi connectivity index (χ0) is 16.4. The van der Waals surface area contributed by atoms with Gasteiger partial charge in [0.1, 0.15) is 11.7 Å². The number of carbonyl (C=O) groups excluding carboxylic acids is 1. The second kappa shape index (κ2) is 6.72. The molecule has 1 fully saturated rings. The third kappa shape index (κ3) is 3.56. The van der Waals surface area contributed by atoms with Crippen LogP contribution < -0.4 is 5.32 Å². The van der Waals surface area contributed by atoms with E-state index >= 15 is 0 Å². The van der Waals surface area contributed by atoms with E-state index in [1.165, 1.54) is 0 Å². The summed E-state index contributed by atoms with van der Waals surface area (Å²) in [5, 5.41) is 12.9.